The minimum Gasteiger partial charge on any atom is -0.324 e. The summed E-state index contributed by atoms with van der Waals surface area (Å²) in [6, 6.07) is 13.3. The summed E-state index contributed by atoms with van der Waals surface area (Å²) in [7, 11) is 0. The van der Waals surface area contributed by atoms with E-state index in [4.69, 9.17) is 4.84 Å². The standard InChI is InChI=1S/C18H15NO4S/c1-2-11-24-13-9-7-12(8-10-13)18(22)23-19-16(20)14-5-3-4-6-15(14)17(19)21/h3-10H,2,11H2,1H3. The lowest BCUT2D eigenvalue weighted by atomic mass is 10.1. The molecule has 6 heteroatoms. The van der Waals surface area contributed by atoms with Gasteiger partial charge in [-0.25, -0.2) is 4.79 Å². The van der Waals surface area contributed by atoms with Gasteiger partial charge in [0.1, 0.15) is 0 Å². The van der Waals surface area contributed by atoms with Crippen molar-refractivity contribution < 1.29 is 19.2 Å². The predicted molar refractivity (Wildman–Crippen MR) is 89.8 cm³/mol. The number of amides is 2. The van der Waals surface area contributed by atoms with Crippen LogP contribution >= 0.6 is 11.8 Å². The fraction of sp³-hybridized carbons (Fsp3) is 0.167. The molecule has 0 N–H and O–H groups in total. The van der Waals surface area contributed by atoms with Crippen LogP contribution in [0.25, 0.3) is 0 Å². The average Bonchev–Trinajstić information content (AvgIpc) is 2.85. The Morgan fingerprint density at radius 1 is 1.00 bits per heavy atom. The molecule has 0 bridgehead atoms. The van der Waals surface area contributed by atoms with Gasteiger partial charge in [0.05, 0.1) is 16.7 Å². The first-order chi connectivity index (χ1) is 11.6. The molecule has 1 aliphatic rings. The molecule has 0 saturated heterocycles. The van der Waals surface area contributed by atoms with Crippen LogP contribution in [0.5, 0.6) is 0 Å². The number of nitrogens with zero attached hydrogens (tertiary/aromatic N) is 1. The van der Waals surface area contributed by atoms with Crippen molar-refractivity contribution in [3.05, 3.63) is 65.2 Å². The van der Waals surface area contributed by atoms with Gasteiger partial charge < -0.3 is 4.84 Å². The van der Waals surface area contributed by atoms with E-state index in [1.165, 1.54) is 12.1 Å². The van der Waals surface area contributed by atoms with Crippen molar-refractivity contribution in [2.75, 3.05) is 5.75 Å². The lowest BCUT2D eigenvalue weighted by Gasteiger charge is -2.12. The highest BCUT2D eigenvalue weighted by Crippen LogP contribution is 2.24. The number of rotatable bonds is 5. The number of thioether (sulfide) groups is 1. The molecule has 0 fully saturated rings. The summed E-state index contributed by atoms with van der Waals surface area (Å²) in [4.78, 5) is 42.6. The molecule has 0 radical (unpaired) electrons. The van der Waals surface area contributed by atoms with E-state index in [9.17, 15) is 14.4 Å². The van der Waals surface area contributed by atoms with Crippen LogP contribution in [0.4, 0.5) is 0 Å². The smallest absolute Gasteiger partial charge is 0.324 e. The minimum atomic E-state index is -0.739. The Morgan fingerprint density at radius 2 is 1.58 bits per heavy atom. The maximum Gasteiger partial charge on any atom is 0.363 e. The van der Waals surface area contributed by atoms with E-state index in [0.717, 1.165) is 17.1 Å². The van der Waals surface area contributed by atoms with Gasteiger partial charge in [-0.05, 0) is 48.6 Å². The summed E-state index contributed by atoms with van der Waals surface area (Å²) < 4.78 is 0. The van der Waals surface area contributed by atoms with Crippen molar-refractivity contribution >= 4 is 29.5 Å². The summed E-state index contributed by atoms with van der Waals surface area (Å²) in [5.74, 6) is -0.992. The zero-order valence-electron chi connectivity index (χ0n) is 13.0. The molecule has 0 aliphatic carbocycles. The van der Waals surface area contributed by atoms with Gasteiger partial charge in [-0.2, -0.15) is 0 Å². The summed E-state index contributed by atoms with van der Waals surface area (Å²) in [5.41, 5.74) is 0.760. The number of hydrogen-bond donors (Lipinski definition) is 0. The maximum atomic E-state index is 12.2. The van der Waals surface area contributed by atoms with Crippen LogP contribution in [0.3, 0.4) is 0 Å². The van der Waals surface area contributed by atoms with Crippen LogP contribution < -0.4 is 0 Å². The Labute approximate surface area is 143 Å². The van der Waals surface area contributed by atoms with E-state index < -0.39 is 17.8 Å². The molecule has 24 heavy (non-hydrogen) atoms. The van der Waals surface area contributed by atoms with E-state index >= 15 is 0 Å². The molecular formula is C18H15NO4S. The first kappa shape index (κ1) is 16.3. The van der Waals surface area contributed by atoms with Gasteiger partial charge in [0.25, 0.3) is 11.8 Å². The molecule has 1 aliphatic heterocycles. The highest BCUT2D eigenvalue weighted by atomic mass is 32.2. The number of imide groups is 1. The number of benzene rings is 2. The molecule has 3 rings (SSSR count). The Bertz CT molecular complexity index is 766. The quantitative estimate of drug-likeness (QED) is 0.615. The van der Waals surface area contributed by atoms with Crippen LogP contribution in [0.1, 0.15) is 44.4 Å². The molecular weight excluding hydrogens is 326 g/mol. The van der Waals surface area contributed by atoms with Gasteiger partial charge in [-0.1, -0.05) is 24.1 Å². The molecule has 1 heterocycles. The number of carbonyl (C=O) groups is 3. The molecule has 0 atom stereocenters. The van der Waals surface area contributed by atoms with E-state index in [0.29, 0.717) is 5.06 Å². The third-order valence-corrected chi connectivity index (χ3v) is 4.71. The third-order valence-electron chi connectivity index (χ3n) is 3.49. The summed E-state index contributed by atoms with van der Waals surface area (Å²) in [5, 5.41) is 0.521. The first-order valence-electron chi connectivity index (χ1n) is 7.54. The summed E-state index contributed by atoms with van der Waals surface area (Å²) in [6.07, 6.45) is 1.06. The second-order valence-electron chi connectivity index (χ2n) is 5.20. The number of hydroxylamine groups is 2. The zero-order valence-corrected chi connectivity index (χ0v) is 13.8. The molecule has 0 unspecified atom stereocenters. The molecule has 0 saturated carbocycles. The highest BCUT2D eigenvalue weighted by Gasteiger charge is 2.38. The number of carbonyl (C=O) groups excluding carboxylic acids is 3. The monoisotopic (exact) mass is 341 g/mol. The Morgan fingerprint density at radius 3 is 2.12 bits per heavy atom. The Kier molecular flexibility index (Phi) is 4.66. The van der Waals surface area contributed by atoms with E-state index in [-0.39, 0.29) is 16.7 Å². The minimum absolute atomic E-state index is 0.238. The van der Waals surface area contributed by atoms with Crippen LogP contribution in [0, 0.1) is 0 Å². The van der Waals surface area contributed by atoms with E-state index in [2.05, 4.69) is 6.92 Å². The van der Waals surface area contributed by atoms with Crippen molar-refractivity contribution in [3.8, 4) is 0 Å². The van der Waals surface area contributed by atoms with Crippen LogP contribution in [-0.4, -0.2) is 28.6 Å². The molecule has 5 nitrogen and oxygen atoms in total. The Hall–Kier alpha value is -2.60. The van der Waals surface area contributed by atoms with Crippen molar-refractivity contribution in [1.82, 2.24) is 5.06 Å². The maximum absolute atomic E-state index is 12.2. The first-order valence-corrected chi connectivity index (χ1v) is 8.53. The third kappa shape index (κ3) is 3.05. The van der Waals surface area contributed by atoms with E-state index in [1.807, 2.05) is 12.1 Å². The van der Waals surface area contributed by atoms with Crippen LogP contribution in [0.15, 0.2) is 53.4 Å². The lowest BCUT2D eigenvalue weighted by Crippen LogP contribution is -2.32. The zero-order chi connectivity index (χ0) is 17.1. The van der Waals surface area contributed by atoms with Crippen LogP contribution in [-0.2, 0) is 4.84 Å². The van der Waals surface area contributed by atoms with Crippen molar-refractivity contribution in [1.29, 1.82) is 0 Å². The topological polar surface area (TPSA) is 63.7 Å². The lowest BCUT2D eigenvalue weighted by molar-refractivity contribution is -0.0584. The summed E-state index contributed by atoms with van der Waals surface area (Å²) in [6.45, 7) is 2.10. The normalized spacial score (nSPS) is 13.1. The molecule has 0 aromatic heterocycles. The Balaban J connectivity index is 1.72. The SMILES string of the molecule is CCCSc1ccc(C(=O)ON2C(=O)c3ccccc3C2=O)cc1. The molecule has 2 aromatic carbocycles. The predicted octanol–water partition coefficient (Wildman–Crippen LogP) is 3.56. The average molecular weight is 341 g/mol. The van der Waals surface area contributed by atoms with Gasteiger partial charge in [0, 0.05) is 4.90 Å². The second kappa shape index (κ2) is 6.88. The highest BCUT2D eigenvalue weighted by molar-refractivity contribution is 7.99. The summed E-state index contributed by atoms with van der Waals surface area (Å²) >= 11 is 1.70. The van der Waals surface area contributed by atoms with Gasteiger partial charge in [-0.3, -0.25) is 9.59 Å². The number of fused-ring (bicyclic) bond motifs is 1. The van der Waals surface area contributed by atoms with Crippen molar-refractivity contribution in [2.45, 2.75) is 18.2 Å². The fourth-order valence-electron chi connectivity index (χ4n) is 2.29. The van der Waals surface area contributed by atoms with Gasteiger partial charge in [-0.15, -0.1) is 11.8 Å². The number of hydrogen-bond acceptors (Lipinski definition) is 5. The largest absolute Gasteiger partial charge is 0.363 e. The van der Waals surface area contributed by atoms with Gasteiger partial charge in [0.2, 0.25) is 0 Å². The second-order valence-corrected chi connectivity index (χ2v) is 6.37. The van der Waals surface area contributed by atoms with Gasteiger partial charge in [0.15, 0.2) is 0 Å². The molecule has 122 valence electrons. The molecule has 2 amide bonds. The molecule has 2 aromatic rings. The fourth-order valence-corrected chi connectivity index (χ4v) is 3.06. The van der Waals surface area contributed by atoms with E-state index in [1.54, 1.807) is 36.0 Å². The van der Waals surface area contributed by atoms with Crippen molar-refractivity contribution in [3.63, 3.8) is 0 Å². The molecule has 0 spiro atoms. The van der Waals surface area contributed by atoms with Crippen molar-refractivity contribution in [2.24, 2.45) is 0 Å². The van der Waals surface area contributed by atoms with Crippen LogP contribution in [0.2, 0.25) is 0 Å². The van der Waals surface area contributed by atoms with Gasteiger partial charge >= 0.3 is 5.97 Å².